The molecule has 0 amide bonds. The molecule has 19 rings (SSSR count). The molecule has 518 valence electrons. The molecule has 0 radical (unpaired) electrons. The number of fused-ring (bicyclic) bond motifs is 9. The van der Waals surface area contributed by atoms with Crippen molar-refractivity contribution in [2.75, 3.05) is 9.80 Å². The molecular formula is C104H83BN2S. The Hall–Kier alpha value is -12.1. The maximum absolute atomic E-state index is 2.75. The molecule has 3 heterocycles. The highest BCUT2D eigenvalue weighted by Gasteiger charge is 2.47. The minimum absolute atomic E-state index is 0.188. The summed E-state index contributed by atoms with van der Waals surface area (Å²) >= 11 is 1.88. The molecule has 108 heavy (non-hydrogen) atoms. The second-order valence-electron chi connectivity index (χ2n) is 32.7. The molecule has 0 atom stereocenters. The van der Waals surface area contributed by atoms with Gasteiger partial charge in [0.1, 0.15) is 0 Å². The van der Waals surface area contributed by atoms with Gasteiger partial charge in [-0.3, -0.25) is 0 Å². The van der Waals surface area contributed by atoms with Crippen molar-refractivity contribution in [3.05, 3.63) is 356 Å². The van der Waals surface area contributed by atoms with Crippen LogP contribution in [0.5, 0.6) is 0 Å². The maximum atomic E-state index is 2.75. The summed E-state index contributed by atoms with van der Waals surface area (Å²) in [6.45, 7) is 21.2. The summed E-state index contributed by atoms with van der Waals surface area (Å²) in [6.07, 6.45) is 0. The SMILES string of the molecule is CC(C)(C)c1cc(-c2ccccc2)c(N2c3cc(-c4ccc5c(-c6ccccc6)c6ccccc6c(-c6ccccc6)c5c4)ccc3B3c4ccc(-c5cccc6sc7ccccc7c56)cc4N(c4c(-c5ccccc5)cc(C(C)(C)C)cc4-c4ccccc4)c4cc(C(C)(C)C)cc2c43)c(-c2ccccc2)c1. The zero-order valence-corrected chi connectivity index (χ0v) is 63.5. The van der Waals surface area contributed by atoms with Gasteiger partial charge in [-0.1, -0.05) is 335 Å². The van der Waals surface area contributed by atoms with Gasteiger partial charge < -0.3 is 9.80 Å². The highest BCUT2D eigenvalue weighted by Crippen LogP contribution is 2.57. The van der Waals surface area contributed by atoms with Crippen molar-refractivity contribution < 1.29 is 0 Å². The molecule has 1 aromatic heterocycles. The Kier molecular flexibility index (Phi) is 16.0. The molecule has 0 saturated carbocycles. The molecule has 17 aromatic rings. The van der Waals surface area contributed by atoms with E-state index in [9.17, 15) is 0 Å². The lowest BCUT2D eigenvalue weighted by Gasteiger charge is -2.47. The van der Waals surface area contributed by atoms with Crippen molar-refractivity contribution in [1.29, 1.82) is 0 Å². The van der Waals surface area contributed by atoms with Gasteiger partial charge in [-0.25, -0.2) is 0 Å². The van der Waals surface area contributed by atoms with Gasteiger partial charge in [0.15, 0.2) is 0 Å². The average Bonchev–Trinajstić information content (AvgIpc) is 0.889. The third-order valence-electron chi connectivity index (χ3n) is 22.9. The van der Waals surface area contributed by atoms with Crippen LogP contribution < -0.4 is 26.2 Å². The van der Waals surface area contributed by atoms with Gasteiger partial charge in [0.2, 0.25) is 0 Å². The van der Waals surface area contributed by atoms with Crippen LogP contribution in [-0.4, -0.2) is 6.71 Å². The van der Waals surface area contributed by atoms with E-state index < -0.39 is 0 Å². The summed E-state index contributed by atoms with van der Waals surface area (Å²) in [7, 11) is 0. The van der Waals surface area contributed by atoms with Crippen LogP contribution in [0.1, 0.15) is 79.0 Å². The third-order valence-corrected chi connectivity index (χ3v) is 24.0. The van der Waals surface area contributed by atoms with Crippen molar-refractivity contribution in [1.82, 2.24) is 0 Å². The van der Waals surface area contributed by atoms with Crippen LogP contribution in [0.15, 0.2) is 340 Å². The summed E-state index contributed by atoms with van der Waals surface area (Å²) < 4.78 is 2.58. The highest BCUT2D eigenvalue weighted by molar-refractivity contribution is 7.26. The van der Waals surface area contributed by atoms with Crippen LogP contribution >= 0.6 is 11.3 Å². The average molecular weight is 1400 g/mol. The fourth-order valence-corrected chi connectivity index (χ4v) is 18.6. The first-order valence-electron chi connectivity index (χ1n) is 38.2. The molecule has 0 fully saturated rings. The second kappa shape index (κ2) is 25.9. The molecular weight excluding hydrogens is 1320 g/mol. The number of thiophene rings is 1. The topological polar surface area (TPSA) is 6.48 Å². The molecule has 16 aromatic carbocycles. The molecule has 0 bridgehead atoms. The molecule has 0 spiro atoms. The Balaban J connectivity index is 0.976. The van der Waals surface area contributed by atoms with Crippen molar-refractivity contribution in [3.8, 4) is 89.0 Å². The van der Waals surface area contributed by atoms with E-state index in [1.165, 1.54) is 147 Å². The van der Waals surface area contributed by atoms with Gasteiger partial charge in [0, 0.05) is 65.2 Å². The number of rotatable bonds is 10. The van der Waals surface area contributed by atoms with E-state index >= 15 is 0 Å². The Morgan fingerprint density at radius 1 is 0.241 bits per heavy atom. The predicted octanol–water partition coefficient (Wildman–Crippen LogP) is 27.7. The summed E-state index contributed by atoms with van der Waals surface area (Å²) in [5.41, 5.74) is 32.7. The molecule has 2 aliphatic rings. The van der Waals surface area contributed by atoms with E-state index in [1.54, 1.807) is 0 Å². The van der Waals surface area contributed by atoms with E-state index in [0.717, 1.165) is 50.7 Å². The van der Waals surface area contributed by atoms with Crippen LogP contribution in [0.25, 0.3) is 131 Å². The lowest BCUT2D eigenvalue weighted by atomic mass is 9.33. The first-order valence-corrected chi connectivity index (χ1v) is 39.0. The van der Waals surface area contributed by atoms with Crippen molar-refractivity contribution in [3.63, 3.8) is 0 Å². The van der Waals surface area contributed by atoms with Gasteiger partial charge in [-0.05, 0) is 204 Å². The van der Waals surface area contributed by atoms with Crippen LogP contribution in [0.3, 0.4) is 0 Å². The van der Waals surface area contributed by atoms with Crippen LogP contribution in [-0.2, 0) is 16.2 Å². The van der Waals surface area contributed by atoms with Crippen LogP contribution in [0, 0.1) is 0 Å². The fraction of sp³-hybridized carbons (Fsp3) is 0.115. The van der Waals surface area contributed by atoms with Gasteiger partial charge in [0.05, 0.1) is 11.4 Å². The zero-order valence-electron chi connectivity index (χ0n) is 62.7. The Morgan fingerprint density at radius 3 is 1.03 bits per heavy atom. The predicted molar refractivity (Wildman–Crippen MR) is 468 cm³/mol. The molecule has 2 aliphatic heterocycles. The van der Waals surface area contributed by atoms with E-state index in [2.05, 4.69) is 412 Å². The highest BCUT2D eigenvalue weighted by atomic mass is 32.1. The Bertz CT molecular complexity index is 6280. The lowest BCUT2D eigenvalue weighted by Crippen LogP contribution is -2.61. The fourth-order valence-electron chi connectivity index (χ4n) is 17.4. The quantitative estimate of drug-likeness (QED) is 0.0995. The summed E-state index contributed by atoms with van der Waals surface area (Å²) in [6, 6.07) is 130. The monoisotopic (exact) mass is 1400 g/mol. The minimum atomic E-state index is -0.330. The number of anilines is 6. The molecule has 4 heteroatoms. The van der Waals surface area contributed by atoms with Crippen LogP contribution in [0.4, 0.5) is 34.1 Å². The summed E-state index contributed by atoms with van der Waals surface area (Å²) in [5, 5.41) is 7.50. The first kappa shape index (κ1) is 66.6. The van der Waals surface area contributed by atoms with Crippen LogP contribution in [0.2, 0.25) is 0 Å². The van der Waals surface area contributed by atoms with Crippen molar-refractivity contribution in [2.24, 2.45) is 0 Å². The smallest absolute Gasteiger partial charge is 0.252 e. The standard InChI is InChI=1S/C104H83BN2S/c1-102(2,3)75-60-83(66-33-16-10-17-34-66)100(84(61-75)67-35-18-11-19-36-67)106-90-58-73(72-51-54-81-87(57-72)97(71-43-26-15-27-44-71)80-46-29-28-45-79(80)96(81)70-41-24-14-25-42-70)52-55-88(90)105-89-56-53-74(78-48-32-50-95-98(78)82-47-30-31-49-94(82)108-95)59-91(89)107(93-65-77(104(7,8)9)64-92(106)99(93)105)101-85(68-37-20-12-21-38-68)62-76(103(4,5)6)63-86(101)69-39-22-13-23-40-69/h10-65H,1-9H3. The lowest BCUT2D eigenvalue weighted by molar-refractivity contribution is 0.590. The van der Waals surface area contributed by atoms with Gasteiger partial charge >= 0.3 is 0 Å². The normalized spacial score (nSPS) is 12.8. The second-order valence-corrected chi connectivity index (χ2v) is 33.8. The number of benzene rings is 16. The Labute approximate surface area is 639 Å². The third kappa shape index (κ3) is 11.2. The van der Waals surface area contributed by atoms with Gasteiger partial charge in [-0.2, -0.15) is 0 Å². The Morgan fingerprint density at radius 2 is 0.583 bits per heavy atom. The van der Waals surface area contributed by atoms with Crippen molar-refractivity contribution in [2.45, 2.75) is 78.6 Å². The molecule has 0 unspecified atom stereocenters. The molecule has 0 saturated heterocycles. The van der Waals surface area contributed by atoms with E-state index in [0.29, 0.717) is 0 Å². The molecule has 0 aliphatic carbocycles. The van der Waals surface area contributed by atoms with E-state index in [1.807, 2.05) is 11.3 Å². The summed E-state index contributed by atoms with van der Waals surface area (Å²) in [4.78, 5) is 5.49. The number of hydrogen-bond donors (Lipinski definition) is 0. The van der Waals surface area contributed by atoms with E-state index in [-0.39, 0.29) is 23.0 Å². The maximum Gasteiger partial charge on any atom is 0.252 e. The van der Waals surface area contributed by atoms with E-state index in [4.69, 9.17) is 0 Å². The largest absolute Gasteiger partial charge is 0.310 e. The molecule has 2 nitrogen and oxygen atoms in total. The zero-order chi connectivity index (χ0) is 73.3. The summed E-state index contributed by atoms with van der Waals surface area (Å²) in [5.74, 6) is 0. The molecule has 0 N–H and O–H groups in total. The minimum Gasteiger partial charge on any atom is -0.310 e. The van der Waals surface area contributed by atoms with Crippen molar-refractivity contribution >= 4 is 110 Å². The van der Waals surface area contributed by atoms with Gasteiger partial charge in [0.25, 0.3) is 6.71 Å². The number of nitrogens with zero attached hydrogens (tertiary/aromatic N) is 2. The first-order chi connectivity index (χ1) is 52.5. The number of hydrogen-bond acceptors (Lipinski definition) is 3. The van der Waals surface area contributed by atoms with Gasteiger partial charge in [-0.15, -0.1) is 11.3 Å².